The standard InChI is InChI=1S/C22H28N2OS/c1-23(15-18-7-4-3-5-8-18)22(25)20-9-6-14-24(17-20)16-19-10-12-21(26-2)13-11-19/h3-5,7-8,10-13,20H,6,9,14-17H2,1-2H3/p+1/t20-/m1/s1. The van der Waals surface area contributed by atoms with Crippen LogP contribution in [0.4, 0.5) is 0 Å². The van der Waals surface area contributed by atoms with Crippen molar-refractivity contribution in [2.24, 2.45) is 5.92 Å². The second-order valence-corrected chi connectivity index (χ2v) is 8.13. The first-order chi connectivity index (χ1) is 12.7. The molecule has 0 spiro atoms. The molecule has 2 aromatic rings. The van der Waals surface area contributed by atoms with Crippen LogP contribution < -0.4 is 4.90 Å². The van der Waals surface area contributed by atoms with Gasteiger partial charge in [-0.2, -0.15) is 0 Å². The molecule has 1 aliphatic heterocycles. The zero-order chi connectivity index (χ0) is 18.4. The van der Waals surface area contributed by atoms with Gasteiger partial charge in [-0.3, -0.25) is 4.79 Å². The fraction of sp³-hybridized carbons (Fsp3) is 0.409. The molecule has 1 fully saturated rings. The largest absolute Gasteiger partial charge is 0.341 e. The number of hydrogen-bond donors (Lipinski definition) is 1. The van der Waals surface area contributed by atoms with Crippen molar-refractivity contribution < 1.29 is 9.69 Å². The van der Waals surface area contributed by atoms with E-state index in [1.807, 2.05) is 30.1 Å². The van der Waals surface area contributed by atoms with Crippen molar-refractivity contribution in [2.75, 3.05) is 26.4 Å². The van der Waals surface area contributed by atoms with Gasteiger partial charge in [-0.05, 0) is 36.8 Å². The SMILES string of the molecule is CSc1ccc(C[NH+]2CCC[C@@H](C(=O)N(C)Cc3ccccc3)C2)cc1. The molecule has 26 heavy (non-hydrogen) atoms. The summed E-state index contributed by atoms with van der Waals surface area (Å²) in [7, 11) is 1.94. The van der Waals surface area contributed by atoms with Crippen LogP contribution in [0.3, 0.4) is 0 Å². The highest BCUT2D eigenvalue weighted by Crippen LogP contribution is 2.16. The first kappa shape index (κ1) is 19.0. The highest BCUT2D eigenvalue weighted by atomic mass is 32.2. The van der Waals surface area contributed by atoms with E-state index in [4.69, 9.17) is 0 Å². The number of hydrogen-bond acceptors (Lipinski definition) is 2. The normalized spacial score (nSPS) is 19.9. The zero-order valence-electron chi connectivity index (χ0n) is 15.8. The summed E-state index contributed by atoms with van der Waals surface area (Å²) >= 11 is 1.77. The number of amides is 1. The van der Waals surface area contributed by atoms with E-state index in [9.17, 15) is 4.79 Å². The van der Waals surface area contributed by atoms with Crippen molar-refractivity contribution in [1.82, 2.24) is 4.90 Å². The minimum Gasteiger partial charge on any atom is -0.341 e. The van der Waals surface area contributed by atoms with E-state index in [2.05, 4.69) is 42.7 Å². The van der Waals surface area contributed by atoms with Crippen LogP contribution in [0.25, 0.3) is 0 Å². The molecule has 0 bridgehead atoms. The van der Waals surface area contributed by atoms with E-state index in [1.165, 1.54) is 20.9 Å². The van der Waals surface area contributed by atoms with Gasteiger partial charge in [0.25, 0.3) is 0 Å². The molecular weight excluding hydrogens is 340 g/mol. The van der Waals surface area contributed by atoms with Crippen LogP contribution in [-0.4, -0.2) is 37.2 Å². The Morgan fingerprint density at radius 2 is 1.85 bits per heavy atom. The molecule has 1 saturated heterocycles. The number of likely N-dealkylation sites (tertiary alicyclic amines) is 1. The summed E-state index contributed by atoms with van der Waals surface area (Å²) in [5.74, 6) is 0.446. The van der Waals surface area contributed by atoms with Gasteiger partial charge in [-0.1, -0.05) is 42.5 Å². The summed E-state index contributed by atoms with van der Waals surface area (Å²) in [6.07, 6.45) is 4.26. The van der Waals surface area contributed by atoms with Gasteiger partial charge in [0, 0.05) is 24.1 Å². The lowest BCUT2D eigenvalue weighted by atomic mass is 9.96. The Morgan fingerprint density at radius 3 is 2.54 bits per heavy atom. The van der Waals surface area contributed by atoms with E-state index in [1.54, 1.807) is 11.8 Å². The van der Waals surface area contributed by atoms with Crippen LogP contribution in [0.5, 0.6) is 0 Å². The third kappa shape index (κ3) is 5.12. The average Bonchev–Trinajstić information content (AvgIpc) is 2.69. The molecule has 1 heterocycles. The van der Waals surface area contributed by atoms with Crippen molar-refractivity contribution in [2.45, 2.75) is 30.8 Å². The molecule has 0 aromatic heterocycles. The van der Waals surface area contributed by atoms with Crippen molar-refractivity contribution in [1.29, 1.82) is 0 Å². The van der Waals surface area contributed by atoms with Gasteiger partial charge in [-0.15, -0.1) is 11.8 Å². The molecule has 0 aliphatic carbocycles. The lowest BCUT2D eigenvalue weighted by Gasteiger charge is -2.31. The smallest absolute Gasteiger partial charge is 0.231 e. The number of nitrogens with one attached hydrogen (secondary N) is 1. The third-order valence-electron chi connectivity index (χ3n) is 5.22. The summed E-state index contributed by atoms with van der Waals surface area (Å²) in [6.45, 7) is 3.82. The summed E-state index contributed by atoms with van der Waals surface area (Å²) in [5.41, 5.74) is 2.56. The van der Waals surface area contributed by atoms with Gasteiger partial charge in [0.2, 0.25) is 5.91 Å². The fourth-order valence-corrected chi connectivity index (χ4v) is 4.21. The van der Waals surface area contributed by atoms with Crippen LogP contribution in [0.1, 0.15) is 24.0 Å². The fourth-order valence-electron chi connectivity index (χ4n) is 3.80. The molecule has 0 radical (unpaired) electrons. The van der Waals surface area contributed by atoms with E-state index < -0.39 is 0 Å². The van der Waals surface area contributed by atoms with E-state index >= 15 is 0 Å². The molecule has 1 N–H and O–H groups in total. The second kappa shape index (κ2) is 9.24. The Hall–Kier alpha value is -1.78. The predicted molar refractivity (Wildman–Crippen MR) is 108 cm³/mol. The first-order valence-corrected chi connectivity index (χ1v) is 10.6. The minimum atomic E-state index is 0.151. The quantitative estimate of drug-likeness (QED) is 0.792. The van der Waals surface area contributed by atoms with Crippen molar-refractivity contribution in [3.05, 3.63) is 65.7 Å². The minimum absolute atomic E-state index is 0.151. The lowest BCUT2D eigenvalue weighted by Crippen LogP contribution is -3.12. The highest BCUT2D eigenvalue weighted by Gasteiger charge is 2.30. The summed E-state index contributed by atoms with van der Waals surface area (Å²) < 4.78 is 0. The number of rotatable bonds is 6. The summed E-state index contributed by atoms with van der Waals surface area (Å²) in [4.78, 5) is 17.6. The average molecular weight is 370 g/mol. The van der Waals surface area contributed by atoms with Gasteiger partial charge in [0.1, 0.15) is 6.54 Å². The topological polar surface area (TPSA) is 24.8 Å². The maximum absolute atomic E-state index is 12.9. The third-order valence-corrected chi connectivity index (χ3v) is 5.96. The molecule has 4 heteroatoms. The molecule has 2 aromatic carbocycles. The molecule has 138 valence electrons. The Bertz CT molecular complexity index is 702. The van der Waals surface area contributed by atoms with Crippen LogP contribution in [0, 0.1) is 5.92 Å². The number of thioether (sulfide) groups is 1. The Balaban J connectivity index is 1.55. The first-order valence-electron chi connectivity index (χ1n) is 9.41. The number of carbonyl (C=O) groups is 1. The Labute approximate surface area is 161 Å². The number of nitrogens with zero attached hydrogens (tertiary/aromatic N) is 1. The lowest BCUT2D eigenvalue weighted by molar-refractivity contribution is -0.921. The van der Waals surface area contributed by atoms with Gasteiger partial charge in [0.15, 0.2) is 0 Å². The predicted octanol–water partition coefficient (Wildman–Crippen LogP) is 2.86. The van der Waals surface area contributed by atoms with Gasteiger partial charge in [-0.25, -0.2) is 0 Å². The number of carbonyl (C=O) groups excluding carboxylic acids is 1. The number of piperidine rings is 1. The summed E-state index contributed by atoms with van der Waals surface area (Å²) in [5, 5.41) is 0. The molecule has 1 aliphatic rings. The zero-order valence-corrected chi connectivity index (χ0v) is 16.6. The van der Waals surface area contributed by atoms with Gasteiger partial charge in [0.05, 0.1) is 19.0 Å². The Morgan fingerprint density at radius 1 is 1.12 bits per heavy atom. The molecule has 3 nitrogen and oxygen atoms in total. The molecular formula is C22H29N2OS+. The monoisotopic (exact) mass is 369 g/mol. The maximum atomic E-state index is 12.9. The van der Waals surface area contributed by atoms with Crippen LogP contribution >= 0.6 is 11.8 Å². The van der Waals surface area contributed by atoms with Gasteiger partial charge >= 0.3 is 0 Å². The van der Waals surface area contributed by atoms with Crippen molar-refractivity contribution >= 4 is 17.7 Å². The van der Waals surface area contributed by atoms with Crippen LogP contribution in [0.15, 0.2) is 59.5 Å². The molecule has 0 saturated carbocycles. The molecule has 1 unspecified atom stereocenters. The van der Waals surface area contributed by atoms with Crippen molar-refractivity contribution in [3.8, 4) is 0 Å². The van der Waals surface area contributed by atoms with Gasteiger partial charge < -0.3 is 9.80 Å². The molecule has 3 rings (SSSR count). The van der Waals surface area contributed by atoms with E-state index in [0.29, 0.717) is 12.5 Å². The number of benzene rings is 2. The molecule has 2 atom stereocenters. The maximum Gasteiger partial charge on any atom is 0.231 e. The second-order valence-electron chi connectivity index (χ2n) is 7.25. The Kier molecular flexibility index (Phi) is 6.75. The van der Waals surface area contributed by atoms with Crippen molar-refractivity contribution in [3.63, 3.8) is 0 Å². The van der Waals surface area contributed by atoms with E-state index in [0.717, 1.165) is 32.5 Å². The van der Waals surface area contributed by atoms with Crippen LogP contribution in [0.2, 0.25) is 0 Å². The van der Waals surface area contributed by atoms with E-state index in [-0.39, 0.29) is 5.92 Å². The van der Waals surface area contributed by atoms with Crippen LogP contribution in [-0.2, 0) is 17.9 Å². The molecule has 1 amide bonds. The highest BCUT2D eigenvalue weighted by molar-refractivity contribution is 7.98. The summed E-state index contributed by atoms with van der Waals surface area (Å²) in [6, 6.07) is 19.1. The number of quaternary nitrogens is 1.